The number of nitrogens with zero attached hydrogens (tertiary/aromatic N) is 2. The van der Waals surface area contributed by atoms with Gasteiger partial charge in [0.25, 0.3) is 0 Å². The summed E-state index contributed by atoms with van der Waals surface area (Å²) in [7, 11) is 2.42. The van der Waals surface area contributed by atoms with Crippen molar-refractivity contribution >= 4 is 36.3 Å². The molecule has 0 bridgehead atoms. The molecule has 0 aromatic heterocycles. The molecule has 1 saturated carbocycles. The second kappa shape index (κ2) is 5.94. The largest absolute Gasteiger partial charge is 0.353 e. The normalized spacial score (nSPS) is 36.2. The molecule has 0 spiro atoms. The van der Waals surface area contributed by atoms with Crippen LogP contribution in [0.2, 0.25) is 0 Å². The third-order valence-electron chi connectivity index (χ3n) is 4.52. The van der Waals surface area contributed by atoms with E-state index < -0.39 is 0 Å². The summed E-state index contributed by atoms with van der Waals surface area (Å²) in [5, 5.41) is 0. The van der Waals surface area contributed by atoms with Gasteiger partial charge in [0.1, 0.15) is 13.7 Å². The SMILES string of the molecule is BC1(I)CCCCC2C(C1)N=C(C(C)C)N2C(C)C. The predicted molar refractivity (Wildman–Crippen MR) is 95.2 cm³/mol. The van der Waals surface area contributed by atoms with Crippen molar-refractivity contribution in [3.05, 3.63) is 0 Å². The van der Waals surface area contributed by atoms with Crippen molar-refractivity contribution in [2.75, 3.05) is 0 Å². The molecule has 0 N–H and O–H groups in total. The molecule has 3 unspecified atom stereocenters. The summed E-state index contributed by atoms with van der Waals surface area (Å²) >= 11 is 2.67. The van der Waals surface area contributed by atoms with Crippen LogP contribution in [0.1, 0.15) is 59.8 Å². The smallest absolute Gasteiger partial charge is 0.122 e. The summed E-state index contributed by atoms with van der Waals surface area (Å²) in [6.07, 6.45) is 6.67. The molecule has 2 rings (SSSR count). The van der Waals surface area contributed by atoms with Crippen molar-refractivity contribution in [1.29, 1.82) is 0 Å². The Hall–Kier alpha value is 0.265. The van der Waals surface area contributed by atoms with E-state index in [-0.39, 0.29) is 0 Å². The Morgan fingerprint density at radius 3 is 2.58 bits per heavy atom. The Labute approximate surface area is 133 Å². The number of amidine groups is 1. The lowest BCUT2D eigenvalue weighted by Gasteiger charge is -2.38. The molecule has 4 heteroatoms. The minimum atomic E-state index is 0.430. The predicted octanol–water partition coefficient (Wildman–Crippen LogP) is 3.23. The topological polar surface area (TPSA) is 15.6 Å². The van der Waals surface area contributed by atoms with Crippen molar-refractivity contribution in [3.63, 3.8) is 0 Å². The summed E-state index contributed by atoms with van der Waals surface area (Å²) in [6.45, 7) is 9.22. The highest BCUT2D eigenvalue weighted by molar-refractivity contribution is 14.1. The van der Waals surface area contributed by atoms with E-state index in [0.717, 1.165) is 0 Å². The van der Waals surface area contributed by atoms with Crippen LogP contribution < -0.4 is 0 Å². The van der Waals surface area contributed by atoms with E-state index >= 15 is 0 Å². The maximum Gasteiger partial charge on any atom is 0.122 e. The zero-order valence-corrected chi connectivity index (χ0v) is 15.3. The fourth-order valence-corrected chi connectivity index (χ4v) is 4.50. The molecular weight excluding hydrogens is 346 g/mol. The van der Waals surface area contributed by atoms with Crippen LogP contribution in [-0.2, 0) is 0 Å². The first-order valence-corrected chi connectivity index (χ1v) is 8.94. The van der Waals surface area contributed by atoms with Gasteiger partial charge in [0, 0.05) is 12.0 Å². The fourth-order valence-electron chi connectivity index (χ4n) is 3.67. The highest BCUT2D eigenvalue weighted by atomic mass is 127. The number of hydrogen-bond acceptors (Lipinski definition) is 2. The molecule has 0 aromatic carbocycles. The Kier molecular flexibility index (Phi) is 4.90. The van der Waals surface area contributed by atoms with Gasteiger partial charge in [-0.3, -0.25) is 4.99 Å². The van der Waals surface area contributed by atoms with E-state index in [9.17, 15) is 0 Å². The highest BCUT2D eigenvalue weighted by Crippen LogP contribution is 2.38. The number of alkyl halides is 1. The lowest BCUT2D eigenvalue weighted by molar-refractivity contribution is 0.220. The van der Waals surface area contributed by atoms with E-state index in [1.165, 1.54) is 37.9 Å². The Morgan fingerprint density at radius 2 is 2.00 bits per heavy atom. The molecule has 108 valence electrons. The van der Waals surface area contributed by atoms with Crippen molar-refractivity contribution in [3.8, 4) is 0 Å². The van der Waals surface area contributed by atoms with Gasteiger partial charge in [-0.1, -0.05) is 49.3 Å². The van der Waals surface area contributed by atoms with Gasteiger partial charge in [-0.05, 0) is 36.4 Å². The van der Waals surface area contributed by atoms with Crippen LogP contribution in [0.3, 0.4) is 0 Å². The lowest BCUT2D eigenvalue weighted by atomic mass is 9.74. The minimum Gasteiger partial charge on any atom is -0.353 e. The van der Waals surface area contributed by atoms with Crippen molar-refractivity contribution < 1.29 is 0 Å². The molecular formula is C15H28BIN2. The van der Waals surface area contributed by atoms with E-state index in [4.69, 9.17) is 4.99 Å². The van der Waals surface area contributed by atoms with Gasteiger partial charge in [-0.15, -0.1) is 0 Å². The Balaban J connectivity index is 2.26. The second-order valence-corrected chi connectivity index (χ2v) is 9.75. The molecule has 1 fully saturated rings. The van der Waals surface area contributed by atoms with E-state index in [2.05, 4.69) is 63.0 Å². The summed E-state index contributed by atoms with van der Waals surface area (Å²) in [6, 6.07) is 1.77. The molecule has 3 atom stereocenters. The van der Waals surface area contributed by atoms with Crippen LogP contribution in [0.4, 0.5) is 0 Å². The van der Waals surface area contributed by atoms with Crippen molar-refractivity contribution in [1.82, 2.24) is 4.90 Å². The molecule has 0 aromatic rings. The Bertz CT molecular complexity index is 352. The van der Waals surface area contributed by atoms with Crippen LogP contribution in [0.15, 0.2) is 4.99 Å². The van der Waals surface area contributed by atoms with Crippen molar-refractivity contribution in [2.45, 2.75) is 81.2 Å². The van der Waals surface area contributed by atoms with Gasteiger partial charge in [-0.2, -0.15) is 0 Å². The molecule has 1 aliphatic heterocycles. The van der Waals surface area contributed by atoms with Gasteiger partial charge in [0.2, 0.25) is 0 Å². The number of aliphatic imine (C=N–C) groups is 1. The average Bonchev–Trinajstić information content (AvgIpc) is 2.60. The van der Waals surface area contributed by atoms with E-state index in [1.54, 1.807) is 0 Å². The van der Waals surface area contributed by atoms with Crippen LogP contribution in [0.25, 0.3) is 0 Å². The monoisotopic (exact) mass is 374 g/mol. The first-order valence-electron chi connectivity index (χ1n) is 7.87. The number of fused-ring (bicyclic) bond motifs is 1. The van der Waals surface area contributed by atoms with Gasteiger partial charge >= 0.3 is 0 Å². The van der Waals surface area contributed by atoms with Crippen LogP contribution in [0.5, 0.6) is 0 Å². The van der Waals surface area contributed by atoms with E-state index in [1.807, 2.05) is 0 Å². The molecule has 2 aliphatic rings. The quantitative estimate of drug-likeness (QED) is 0.412. The third-order valence-corrected chi connectivity index (χ3v) is 5.50. The number of hydrogen-bond donors (Lipinski definition) is 0. The molecule has 19 heavy (non-hydrogen) atoms. The van der Waals surface area contributed by atoms with E-state index in [0.29, 0.717) is 27.4 Å². The fraction of sp³-hybridized carbons (Fsp3) is 0.933. The summed E-state index contributed by atoms with van der Waals surface area (Å²) in [5.41, 5.74) is 0. The molecule has 0 radical (unpaired) electrons. The lowest BCUT2D eigenvalue weighted by Crippen LogP contribution is -2.47. The number of halogens is 1. The molecule has 1 heterocycles. The zero-order chi connectivity index (χ0) is 14.2. The number of rotatable bonds is 2. The summed E-state index contributed by atoms with van der Waals surface area (Å²) in [5.74, 6) is 1.91. The Morgan fingerprint density at radius 1 is 1.32 bits per heavy atom. The van der Waals surface area contributed by atoms with Crippen molar-refractivity contribution in [2.24, 2.45) is 10.9 Å². The molecule has 0 amide bonds. The standard InChI is InChI=1S/C15H28BIN2/c1-10(2)14-18-12-9-15(16,17)8-6-5-7-13(12)19(14)11(3)4/h10-13H,5-9,16H2,1-4H3. The minimum absolute atomic E-state index is 0.430. The molecule has 2 nitrogen and oxygen atoms in total. The van der Waals surface area contributed by atoms with Gasteiger partial charge in [-0.25, -0.2) is 0 Å². The van der Waals surface area contributed by atoms with Crippen LogP contribution >= 0.6 is 22.6 Å². The van der Waals surface area contributed by atoms with Crippen LogP contribution in [0, 0.1) is 5.92 Å². The molecule has 1 aliphatic carbocycles. The van der Waals surface area contributed by atoms with Gasteiger partial charge in [0.05, 0.1) is 12.1 Å². The maximum atomic E-state index is 5.15. The maximum absolute atomic E-state index is 5.15. The average molecular weight is 374 g/mol. The summed E-state index contributed by atoms with van der Waals surface area (Å²) in [4.78, 5) is 7.78. The molecule has 0 saturated heterocycles. The first kappa shape index (κ1) is 15.6. The zero-order valence-electron chi connectivity index (χ0n) is 13.1. The second-order valence-electron chi connectivity index (χ2n) is 7.14. The van der Waals surface area contributed by atoms with Gasteiger partial charge in [0.15, 0.2) is 0 Å². The highest BCUT2D eigenvalue weighted by Gasteiger charge is 2.41. The third kappa shape index (κ3) is 3.48. The van der Waals surface area contributed by atoms with Gasteiger partial charge < -0.3 is 4.90 Å². The summed E-state index contributed by atoms with van der Waals surface area (Å²) < 4.78 is 0.430. The van der Waals surface area contributed by atoms with Crippen LogP contribution in [-0.4, -0.2) is 40.0 Å². The first-order chi connectivity index (χ1) is 8.82.